The molecule has 1 aromatic carbocycles. The molecule has 0 N–H and O–H groups in total. The van der Waals surface area contributed by atoms with E-state index < -0.39 is 16.4 Å². The van der Waals surface area contributed by atoms with Gasteiger partial charge < -0.3 is 4.43 Å². The van der Waals surface area contributed by atoms with Crippen molar-refractivity contribution in [2.24, 2.45) is 0 Å². The van der Waals surface area contributed by atoms with Gasteiger partial charge in [-0.25, -0.2) is 0 Å². The molecule has 150 valence electrons. The minimum Gasteiger partial charge on any atom is -0.416 e. The van der Waals surface area contributed by atoms with Crippen molar-refractivity contribution in [2.45, 2.75) is 104 Å². The van der Waals surface area contributed by atoms with Crippen molar-refractivity contribution >= 4 is 21.6 Å². The van der Waals surface area contributed by atoms with Gasteiger partial charge >= 0.3 is 0 Å². The zero-order valence-electron chi connectivity index (χ0n) is 19.1. The van der Waals surface area contributed by atoms with E-state index in [1.807, 2.05) is 0 Å². The van der Waals surface area contributed by atoms with Gasteiger partial charge in [0.05, 0.1) is 8.07 Å². The molecular weight excluding hydrogens is 348 g/mol. The van der Waals surface area contributed by atoms with Crippen LogP contribution >= 0.6 is 0 Å². The van der Waals surface area contributed by atoms with Crippen LogP contribution in [0.3, 0.4) is 0 Å². The molecule has 0 aliphatic carbocycles. The predicted molar refractivity (Wildman–Crippen MR) is 124 cm³/mol. The van der Waals surface area contributed by atoms with Gasteiger partial charge in [0.1, 0.15) is 0 Å². The summed E-state index contributed by atoms with van der Waals surface area (Å²) < 4.78 is 6.47. The molecule has 0 atom stereocenters. The third kappa shape index (κ3) is 6.97. The van der Waals surface area contributed by atoms with Crippen molar-refractivity contribution in [1.29, 1.82) is 0 Å². The second kappa shape index (κ2) is 9.70. The lowest BCUT2D eigenvalue weighted by Gasteiger charge is -2.36. The average molecular weight is 393 g/mol. The first-order valence-electron chi connectivity index (χ1n) is 10.7. The lowest BCUT2D eigenvalue weighted by atomic mass is 9.99. The minimum absolute atomic E-state index is 0.288. The highest BCUT2D eigenvalue weighted by Gasteiger charge is 2.36. The van der Waals surface area contributed by atoms with Gasteiger partial charge in [-0.3, -0.25) is 0 Å². The Morgan fingerprint density at radius 3 is 2.08 bits per heavy atom. The van der Waals surface area contributed by atoms with E-state index in [9.17, 15) is 0 Å². The third-order valence-electron chi connectivity index (χ3n) is 6.00. The van der Waals surface area contributed by atoms with E-state index in [1.165, 1.54) is 32.1 Å². The van der Waals surface area contributed by atoms with Crippen LogP contribution in [0.2, 0.25) is 37.8 Å². The first kappa shape index (κ1) is 23.7. The van der Waals surface area contributed by atoms with E-state index >= 15 is 0 Å². The molecule has 0 aliphatic rings. The molecule has 0 unspecified atom stereocenters. The number of unbranched alkanes of at least 4 members (excludes halogenated alkanes) is 3. The third-order valence-corrected chi connectivity index (χ3v) is 12.6. The summed E-state index contributed by atoms with van der Waals surface area (Å²) in [6.45, 7) is 22.3. The van der Waals surface area contributed by atoms with Gasteiger partial charge in [-0.15, -0.1) is 0 Å². The van der Waals surface area contributed by atoms with E-state index in [4.69, 9.17) is 4.43 Å². The molecule has 3 heteroatoms. The summed E-state index contributed by atoms with van der Waals surface area (Å²) in [7, 11) is -2.97. The van der Waals surface area contributed by atoms with Gasteiger partial charge in [0, 0.05) is 6.61 Å². The highest BCUT2D eigenvalue weighted by atomic mass is 28.4. The molecular formula is C23H44OSi2. The van der Waals surface area contributed by atoms with Crippen LogP contribution in [0.15, 0.2) is 18.2 Å². The Labute approximate surface area is 166 Å². The van der Waals surface area contributed by atoms with Gasteiger partial charge in [0.2, 0.25) is 0 Å². The van der Waals surface area contributed by atoms with Crippen molar-refractivity contribution in [1.82, 2.24) is 0 Å². The Hall–Kier alpha value is -0.386. The lowest BCUT2D eigenvalue weighted by Crippen LogP contribution is -2.42. The average Bonchev–Trinajstić information content (AvgIpc) is 2.50. The zero-order chi connectivity index (χ0) is 20.0. The van der Waals surface area contributed by atoms with Crippen LogP contribution in [0.4, 0.5) is 0 Å². The molecule has 1 nitrogen and oxygen atoms in total. The van der Waals surface area contributed by atoms with Crippen LogP contribution in [0.25, 0.3) is 0 Å². The van der Waals surface area contributed by atoms with Crippen LogP contribution in [-0.2, 0) is 17.3 Å². The second-order valence-electron chi connectivity index (χ2n) is 10.4. The summed E-state index contributed by atoms with van der Waals surface area (Å²) >= 11 is 0. The second-order valence-corrected chi connectivity index (χ2v) is 20.2. The first-order chi connectivity index (χ1) is 11.9. The summed E-state index contributed by atoms with van der Waals surface area (Å²) in [5.41, 5.74) is 3.20. The maximum absolute atomic E-state index is 6.47. The van der Waals surface area contributed by atoms with Crippen molar-refractivity contribution < 1.29 is 4.43 Å². The molecule has 0 aromatic heterocycles. The molecule has 26 heavy (non-hydrogen) atoms. The van der Waals surface area contributed by atoms with Crippen LogP contribution in [0.1, 0.15) is 64.5 Å². The topological polar surface area (TPSA) is 9.23 Å². The van der Waals surface area contributed by atoms with E-state index in [-0.39, 0.29) is 5.04 Å². The summed E-state index contributed by atoms with van der Waals surface area (Å²) in [5.74, 6) is 0. The molecule has 1 rings (SSSR count). The monoisotopic (exact) mass is 392 g/mol. The van der Waals surface area contributed by atoms with Gasteiger partial charge in [-0.2, -0.15) is 0 Å². The number of rotatable bonds is 10. The SMILES string of the molecule is CCCCCCc1c(CCO[Si](C)(C)C(C)(C)C)cccc1[Si](C)(C)C. The summed E-state index contributed by atoms with van der Waals surface area (Å²) in [6.07, 6.45) is 7.66. The Morgan fingerprint density at radius 1 is 0.885 bits per heavy atom. The molecule has 0 saturated carbocycles. The van der Waals surface area contributed by atoms with Gasteiger partial charge in [0.25, 0.3) is 0 Å². The maximum Gasteiger partial charge on any atom is 0.191 e. The Bertz CT molecular complexity index is 550. The van der Waals surface area contributed by atoms with Gasteiger partial charge in [0.15, 0.2) is 8.32 Å². The maximum atomic E-state index is 6.47. The molecule has 0 aliphatic heterocycles. The molecule has 0 bridgehead atoms. The number of benzene rings is 1. The molecule has 0 radical (unpaired) electrons. The van der Waals surface area contributed by atoms with Crippen LogP contribution in [0, 0.1) is 0 Å². The number of hydrogen-bond acceptors (Lipinski definition) is 1. The van der Waals surface area contributed by atoms with Crippen molar-refractivity contribution in [3.8, 4) is 0 Å². The predicted octanol–water partition coefficient (Wildman–Crippen LogP) is 6.92. The summed E-state index contributed by atoms with van der Waals surface area (Å²) in [6, 6.07) is 7.04. The van der Waals surface area contributed by atoms with E-state index in [0.29, 0.717) is 0 Å². The molecule has 0 heterocycles. The lowest BCUT2D eigenvalue weighted by molar-refractivity contribution is 0.291. The van der Waals surface area contributed by atoms with Crippen molar-refractivity contribution in [3.63, 3.8) is 0 Å². The Balaban J connectivity index is 2.92. The van der Waals surface area contributed by atoms with E-state index in [1.54, 1.807) is 16.3 Å². The minimum atomic E-state index is -1.65. The fourth-order valence-electron chi connectivity index (χ4n) is 3.23. The molecule has 0 amide bonds. The number of hydrogen-bond donors (Lipinski definition) is 0. The molecule has 0 fully saturated rings. The van der Waals surface area contributed by atoms with Crippen molar-refractivity contribution in [3.05, 3.63) is 29.3 Å². The summed E-state index contributed by atoms with van der Waals surface area (Å²) in [5, 5.41) is 1.95. The van der Waals surface area contributed by atoms with Gasteiger partial charge in [-0.05, 0) is 48.5 Å². The quantitative estimate of drug-likeness (QED) is 0.310. The van der Waals surface area contributed by atoms with E-state index in [2.05, 4.69) is 78.6 Å². The van der Waals surface area contributed by atoms with Crippen LogP contribution < -0.4 is 5.19 Å². The van der Waals surface area contributed by atoms with Crippen molar-refractivity contribution in [2.75, 3.05) is 6.61 Å². The summed E-state index contributed by atoms with van der Waals surface area (Å²) in [4.78, 5) is 0. The molecule has 0 spiro atoms. The van der Waals surface area contributed by atoms with E-state index in [0.717, 1.165) is 13.0 Å². The smallest absolute Gasteiger partial charge is 0.191 e. The fourth-order valence-corrected chi connectivity index (χ4v) is 6.06. The highest BCUT2D eigenvalue weighted by Crippen LogP contribution is 2.36. The molecule has 1 aromatic rings. The fraction of sp³-hybridized carbons (Fsp3) is 0.739. The Morgan fingerprint density at radius 2 is 1.54 bits per heavy atom. The molecule has 0 saturated heterocycles. The van der Waals surface area contributed by atoms with Gasteiger partial charge in [-0.1, -0.05) is 90.0 Å². The normalized spacial score (nSPS) is 13.3. The largest absolute Gasteiger partial charge is 0.416 e. The highest BCUT2D eigenvalue weighted by molar-refractivity contribution is 6.89. The standard InChI is InChI=1S/C23H44OSi2/c1-10-11-12-13-16-21-20(15-14-17-22(21)25(5,6)7)18-19-24-26(8,9)23(2,3)4/h14-15,17H,10-13,16,18-19H2,1-9H3. The van der Waals surface area contributed by atoms with Crippen LogP contribution in [-0.4, -0.2) is 23.0 Å². The zero-order valence-corrected chi connectivity index (χ0v) is 21.1. The van der Waals surface area contributed by atoms with Crippen LogP contribution in [0.5, 0.6) is 0 Å². The Kier molecular flexibility index (Phi) is 8.83. The first-order valence-corrected chi connectivity index (χ1v) is 17.1.